The van der Waals surface area contributed by atoms with Gasteiger partial charge in [0, 0.05) is 11.5 Å². The number of rotatable bonds is 2. The average Bonchev–Trinajstić information content (AvgIpc) is 1.87. The molecule has 9 heavy (non-hydrogen) atoms. The largest absolute Gasteiger partial charge is 0.273 e. The Kier molecular flexibility index (Phi) is 4.72. The van der Waals surface area contributed by atoms with Crippen LogP contribution in [0.3, 0.4) is 0 Å². The van der Waals surface area contributed by atoms with E-state index >= 15 is 0 Å². The van der Waals surface area contributed by atoms with Gasteiger partial charge in [-0.3, -0.25) is 4.90 Å². The Bertz CT molecular complexity index is 125. The highest BCUT2D eigenvalue weighted by Gasteiger charge is 1.94. The summed E-state index contributed by atoms with van der Waals surface area (Å²) in [6, 6.07) is 0. The van der Waals surface area contributed by atoms with Crippen LogP contribution < -0.4 is 0 Å². The van der Waals surface area contributed by atoms with Gasteiger partial charge in [-0.05, 0) is 26.3 Å². The summed E-state index contributed by atoms with van der Waals surface area (Å²) in [5.74, 6) is 3.73. The third-order valence-corrected chi connectivity index (χ3v) is 2.03. The first-order chi connectivity index (χ1) is 4.22. The first kappa shape index (κ1) is 8.92. The highest BCUT2D eigenvalue weighted by Crippen LogP contribution is 1.89. The van der Waals surface area contributed by atoms with Crippen molar-refractivity contribution in [1.82, 2.24) is 4.90 Å². The molecule has 0 aliphatic rings. The van der Waals surface area contributed by atoms with Gasteiger partial charge in [0.2, 0.25) is 0 Å². The van der Waals surface area contributed by atoms with Gasteiger partial charge in [-0.25, -0.2) is 0 Å². The van der Waals surface area contributed by atoms with Crippen LogP contribution in [-0.4, -0.2) is 29.4 Å². The van der Waals surface area contributed by atoms with E-state index in [0.717, 1.165) is 6.54 Å². The zero-order valence-electron chi connectivity index (χ0n) is 6.48. The highest BCUT2D eigenvalue weighted by molar-refractivity contribution is 7.95. The molecule has 0 saturated carbocycles. The van der Waals surface area contributed by atoms with Gasteiger partial charge in [0.05, 0.1) is 0 Å². The van der Waals surface area contributed by atoms with E-state index in [9.17, 15) is 0 Å². The maximum Gasteiger partial charge on any atom is 0.0436 e. The van der Waals surface area contributed by atoms with Gasteiger partial charge < -0.3 is 0 Å². The van der Waals surface area contributed by atoms with Crippen molar-refractivity contribution in [3.05, 3.63) is 0 Å². The van der Waals surface area contributed by atoms with Crippen LogP contribution in [0, 0.1) is 0 Å². The quantitative estimate of drug-likeness (QED) is 0.534. The molecule has 54 valence electrons. The molecule has 0 aliphatic carbocycles. The molecular weight excluding hydrogens is 130 g/mol. The minimum absolute atomic E-state index is 1.13. The Labute approximate surface area is 61.2 Å². The van der Waals surface area contributed by atoms with Crippen molar-refractivity contribution in [2.75, 3.05) is 13.6 Å². The van der Waals surface area contributed by atoms with Crippen LogP contribution in [-0.2, 0) is 0 Å². The van der Waals surface area contributed by atoms with Crippen LogP contribution >= 0.6 is 10.9 Å². The van der Waals surface area contributed by atoms with Crippen LogP contribution in [0.4, 0.5) is 0 Å². The third kappa shape index (κ3) is 3.49. The molecule has 0 unspecified atom stereocenters. The molecule has 0 amide bonds. The molecular formula is C7H15NS. The van der Waals surface area contributed by atoms with E-state index in [4.69, 9.17) is 0 Å². The molecule has 0 N–H and O–H groups in total. The monoisotopic (exact) mass is 145 g/mol. The van der Waals surface area contributed by atoms with E-state index in [2.05, 4.69) is 31.7 Å². The first-order valence-electron chi connectivity index (χ1n) is 3.19. The Morgan fingerprint density at radius 1 is 1.67 bits per heavy atom. The Morgan fingerprint density at radius 2 is 2.22 bits per heavy atom. The minimum Gasteiger partial charge on any atom is -0.273 e. The molecule has 0 aliphatic heterocycles. The molecule has 2 heteroatoms. The van der Waals surface area contributed by atoms with E-state index in [1.54, 1.807) is 10.9 Å². The molecule has 0 saturated heterocycles. The van der Waals surface area contributed by atoms with Crippen LogP contribution in [0.2, 0.25) is 0 Å². The standard InChI is InChI=1S/C7H15NS/c1-5-6-8(3)7(2)9-4/h4-6H2,1-3H3. The molecule has 1 nitrogen and oxygen atoms in total. The molecule has 0 fully saturated rings. The lowest BCUT2D eigenvalue weighted by Gasteiger charge is -2.12. The van der Waals surface area contributed by atoms with E-state index in [1.165, 1.54) is 11.4 Å². The molecule has 0 atom stereocenters. The van der Waals surface area contributed by atoms with Crippen molar-refractivity contribution in [2.45, 2.75) is 20.3 Å². The molecule has 0 radical (unpaired) electrons. The van der Waals surface area contributed by atoms with Gasteiger partial charge in [0.1, 0.15) is 0 Å². The predicted octanol–water partition coefficient (Wildman–Crippen LogP) is 1.64. The molecule has 0 aromatic rings. The summed E-state index contributed by atoms with van der Waals surface area (Å²) in [5, 5.41) is 0. The Balaban J connectivity index is 3.73. The number of hydrogen-bond acceptors (Lipinski definition) is 0. The van der Waals surface area contributed by atoms with E-state index in [1.807, 2.05) is 0 Å². The SMILES string of the molecule is C=S=C(C)N(C)CCC. The van der Waals surface area contributed by atoms with E-state index in [-0.39, 0.29) is 0 Å². The molecule has 0 rings (SSSR count). The van der Waals surface area contributed by atoms with Gasteiger partial charge in [0.15, 0.2) is 0 Å². The molecule has 0 aromatic heterocycles. The van der Waals surface area contributed by atoms with Crippen molar-refractivity contribution in [1.29, 1.82) is 0 Å². The Morgan fingerprint density at radius 3 is 2.56 bits per heavy atom. The Hall–Kier alpha value is -0.0800. The van der Waals surface area contributed by atoms with Crippen molar-refractivity contribution < 1.29 is 0 Å². The van der Waals surface area contributed by atoms with E-state index in [0.29, 0.717) is 0 Å². The summed E-state index contributed by atoms with van der Waals surface area (Å²) in [4.78, 5) is 3.51. The van der Waals surface area contributed by atoms with Crippen molar-refractivity contribution in [2.24, 2.45) is 0 Å². The highest BCUT2D eigenvalue weighted by atomic mass is 32.1. The second-order valence-corrected chi connectivity index (χ2v) is 2.96. The fourth-order valence-electron chi connectivity index (χ4n) is 0.603. The third-order valence-electron chi connectivity index (χ3n) is 1.31. The number of nitrogens with zero attached hydrogens (tertiary/aromatic N) is 1. The summed E-state index contributed by atoms with van der Waals surface area (Å²) in [7, 11) is 3.66. The van der Waals surface area contributed by atoms with Crippen LogP contribution in [0.5, 0.6) is 0 Å². The van der Waals surface area contributed by atoms with Gasteiger partial charge in [-0.15, -0.1) is 10.9 Å². The summed E-state index contributed by atoms with van der Waals surface area (Å²) in [6.45, 7) is 5.40. The smallest absolute Gasteiger partial charge is 0.0436 e. The molecule has 0 spiro atoms. The van der Waals surface area contributed by atoms with Crippen molar-refractivity contribution in [3.8, 4) is 0 Å². The van der Waals surface area contributed by atoms with Crippen LogP contribution in [0.1, 0.15) is 20.3 Å². The second-order valence-electron chi connectivity index (χ2n) is 2.08. The topological polar surface area (TPSA) is 3.24 Å². The fourth-order valence-corrected chi connectivity index (χ4v) is 0.915. The predicted molar refractivity (Wildman–Crippen MR) is 48.3 cm³/mol. The zero-order chi connectivity index (χ0) is 7.28. The van der Waals surface area contributed by atoms with Gasteiger partial charge in [-0.2, -0.15) is 0 Å². The lowest BCUT2D eigenvalue weighted by molar-refractivity contribution is 0.507. The van der Waals surface area contributed by atoms with Crippen LogP contribution in [0.15, 0.2) is 0 Å². The lowest BCUT2D eigenvalue weighted by Crippen LogP contribution is -2.22. The van der Waals surface area contributed by atoms with Crippen molar-refractivity contribution >= 4 is 21.8 Å². The van der Waals surface area contributed by atoms with Gasteiger partial charge in [-0.1, -0.05) is 6.92 Å². The average molecular weight is 145 g/mol. The second kappa shape index (κ2) is 4.77. The van der Waals surface area contributed by atoms with E-state index < -0.39 is 0 Å². The maximum atomic E-state index is 3.73. The minimum atomic E-state index is 1.13. The first-order valence-corrected chi connectivity index (χ1v) is 4.17. The molecule has 0 aromatic carbocycles. The summed E-state index contributed by atoms with van der Waals surface area (Å²) < 4.78 is 0. The van der Waals surface area contributed by atoms with Gasteiger partial charge >= 0.3 is 0 Å². The fraction of sp³-hybridized carbons (Fsp3) is 0.714. The normalized spacial score (nSPS) is 9.78. The van der Waals surface area contributed by atoms with Crippen LogP contribution in [0.25, 0.3) is 0 Å². The zero-order valence-corrected chi connectivity index (χ0v) is 7.29. The maximum absolute atomic E-state index is 3.73. The van der Waals surface area contributed by atoms with Gasteiger partial charge in [0.25, 0.3) is 0 Å². The lowest BCUT2D eigenvalue weighted by atomic mass is 10.4. The molecule has 0 bridgehead atoms. The summed E-state index contributed by atoms with van der Waals surface area (Å²) in [5.41, 5.74) is 0. The number of hydrogen-bond donors (Lipinski definition) is 0. The summed E-state index contributed by atoms with van der Waals surface area (Å²) in [6.07, 6.45) is 1.20. The van der Waals surface area contributed by atoms with Crippen molar-refractivity contribution in [3.63, 3.8) is 0 Å². The molecule has 0 heterocycles. The summed E-state index contributed by atoms with van der Waals surface area (Å²) >= 11 is 0.